The molecule has 1 saturated heterocycles. The minimum absolute atomic E-state index is 0.128. The Morgan fingerprint density at radius 1 is 1.07 bits per heavy atom. The fourth-order valence-corrected chi connectivity index (χ4v) is 6.58. The zero-order valence-electron chi connectivity index (χ0n) is 26.2. The third-order valence-electron chi connectivity index (χ3n) is 8.35. The number of carbonyl (C=O) groups excluding carboxylic acids is 1. The van der Waals surface area contributed by atoms with Crippen molar-refractivity contribution >= 4 is 39.1 Å². The van der Waals surface area contributed by atoms with Crippen LogP contribution in [0.1, 0.15) is 55.1 Å². The highest BCUT2D eigenvalue weighted by Gasteiger charge is 2.20. The molecule has 4 aromatic rings. The van der Waals surface area contributed by atoms with Crippen LogP contribution < -0.4 is 19.5 Å². The molecule has 0 aliphatic carbocycles. The van der Waals surface area contributed by atoms with Gasteiger partial charge in [0.05, 0.1) is 37.2 Å². The Morgan fingerprint density at radius 2 is 1.84 bits per heavy atom. The fraction of sp³-hybridized carbons (Fsp3) is 0.429. The molecule has 239 valence electrons. The molecule has 1 aliphatic heterocycles. The van der Waals surface area contributed by atoms with Crippen molar-refractivity contribution in [2.75, 3.05) is 40.5 Å². The molecule has 0 spiro atoms. The van der Waals surface area contributed by atoms with Gasteiger partial charge in [-0.15, -0.1) is 0 Å². The highest BCUT2D eigenvalue weighted by Crippen LogP contribution is 2.39. The molecular formula is C35H41BrClN4O4. The second-order valence-corrected chi connectivity index (χ2v) is 12.9. The van der Waals surface area contributed by atoms with Gasteiger partial charge in [0, 0.05) is 35.6 Å². The Balaban J connectivity index is 1.17. The molecule has 1 unspecified atom stereocenters. The van der Waals surface area contributed by atoms with Gasteiger partial charge < -0.3 is 18.6 Å². The van der Waals surface area contributed by atoms with E-state index in [1.807, 2.05) is 54.7 Å². The third kappa shape index (κ3) is 8.51. The molecule has 8 nitrogen and oxygen atoms in total. The maximum absolute atomic E-state index is 12.9. The van der Waals surface area contributed by atoms with Crippen molar-refractivity contribution in [3.8, 4) is 17.2 Å². The molecule has 5 rings (SSSR count). The molecule has 1 aliphatic rings. The van der Waals surface area contributed by atoms with Crippen molar-refractivity contribution in [3.63, 3.8) is 0 Å². The number of amides is 1. The van der Waals surface area contributed by atoms with Gasteiger partial charge in [-0.05, 0) is 86.7 Å². The number of rotatable bonds is 15. The van der Waals surface area contributed by atoms with E-state index in [0.717, 1.165) is 64.4 Å². The largest absolute Gasteiger partial charge is 0.496 e. The predicted molar refractivity (Wildman–Crippen MR) is 181 cm³/mol. The fourth-order valence-electron chi connectivity index (χ4n) is 5.88. The monoisotopic (exact) mass is 695 g/mol. The Labute approximate surface area is 279 Å². The van der Waals surface area contributed by atoms with Crippen molar-refractivity contribution in [2.45, 2.75) is 52.0 Å². The topological polar surface area (TPSA) is 79.4 Å². The summed E-state index contributed by atoms with van der Waals surface area (Å²) >= 11 is 10.4. The molecule has 2 aromatic heterocycles. The number of nitrogens with zero attached hydrogens (tertiary/aromatic N) is 4. The summed E-state index contributed by atoms with van der Waals surface area (Å²) in [4.78, 5) is 20.2. The van der Waals surface area contributed by atoms with E-state index in [1.165, 1.54) is 12.8 Å². The van der Waals surface area contributed by atoms with Gasteiger partial charge in [0.15, 0.2) is 11.5 Å². The summed E-state index contributed by atoms with van der Waals surface area (Å²) in [6, 6.07) is 15.7. The quantitative estimate of drug-likeness (QED) is 0.132. The number of benzene rings is 2. The zero-order chi connectivity index (χ0) is 31.8. The van der Waals surface area contributed by atoms with Crippen LogP contribution in [0.3, 0.4) is 0 Å². The Bertz CT molecular complexity index is 1600. The van der Waals surface area contributed by atoms with Crippen LogP contribution in [-0.2, 0) is 24.2 Å². The number of aromatic nitrogens is 2. The maximum atomic E-state index is 12.9. The first-order valence-electron chi connectivity index (χ1n) is 15.5. The Kier molecular flexibility index (Phi) is 11.6. The lowest BCUT2D eigenvalue weighted by Crippen LogP contribution is -2.25. The van der Waals surface area contributed by atoms with Crippen LogP contribution in [0.5, 0.6) is 17.2 Å². The molecule has 0 N–H and O–H groups in total. The number of imidazole rings is 1. The maximum Gasteiger partial charge on any atom is 0.241 e. The van der Waals surface area contributed by atoms with E-state index in [4.69, 9.17) is 30.8 Å². The second kappa shape index (κ2) is 15.8. The van der Waals surface area contributed by atoms with Gasteiger partial charge >= 0.3 is 0 Å². The van der Waals surface area contributed by atoms with E-state index in [2.05, 4.69) is 37.5 Å². The van der Waals surface area contributed by atoms with Crippen molar-refractivity contribution < 1.29 is 19.0 Å². The van der Waals surface area contributed by atoms with E-state index in [0.29, 0.717) is 42.4 Å². The van der Waals surface area contributed by atoms with Crippen molar-refractivity contribution in [3.05, 3.63) is 86.7 Å². The first kappa shape index (κ1) is 33.1. The van der Waals surface area contributed by atoms with E-state index >= 15 is 0 Å². The first-order valence-corrected chi connectivity index (χ1v) is 16.7. The number of methoxy groups -OCH3 is 2. The van der Waals surface area contributed by atoms with Crippen LogP contribution in [0.4, 0.5) is 0 Å². The summed E-state index contributed by atoms with van der Waals surface area (Å²) in [5, 5.41) is 5.01. The van der Waals surface area contributed by atoms with Crippen LogP contribution >= 0.6 is 27.5 Å². The van der Waals surface area contributed by atoms with Crippen LogP contribution in [0, 0.1) is 5.92 Å². The highest BCUT2D eigenvalue weighted by atomic mass is 79.9. The van der Waals surface area contributed by atoms with E-state index in [9.17, 15) is 4.79 Å². The SMILES string of the molecule is COc1ccc(Br)cc1Cc1c(C[N]C(=O)CCC(C)Cc2ccc(OC)c(OCCN3CCCC3)c2Cl)nc2ccccn12. The van der Waals surface area contributed by atoms with E-state index in [-0.39, 0.29) is 18.4 Å². The first-order chi connectivity index (χ1) is 21.9. The number of halogens is 2. The number of pyridine rings is 1. The van der Waals surface area contributed by atoms with Gasteiger partial charge in [-0.3, -0.25) is 9.69 Å². The number of ether oxygens (including phenoxy) is 3. The summed E-state index contributed by atoms with van der Waals surface area (Å²) in [5.41, 5.74) is 4.61. The number of likely N-dealkylation sites (tertiary alicyclic amines) is 1. The molecule has 2 aromatic carbocycles. The van der Waals surface area contributed by atoms with E-state index in [1.54, 1.807) is 14.2 Å². The molecule has 1 amide bonds. The number of carbonyl (C=O) groups is 1. The van der Waals surface area contributed by atoms with Gasteiger partial charge in [-0.1, -0.05) is 46.6 Å². The average Bonchev–Trinajstić information content (AvgIpc) is 3.69. The van der Waals surface area contributed by atoms with Crippen LogP contribution in [0.2, 0.25) is 5.02 Å². The van der Waals surface area contributed by atoms with Crippen LogP contribution in [0.25, 0.3) is 5.65 Å². The van der Waals surface area contributed by atoms with E-state index < -0.39 is 0 Å². The Hall–Kier alpha value is -3.27. The minimum atomic E-state index is -0.128. The molecular weight excluding hydrogens is 656 g/mol. The van der Waals surface area contributed by atoms with Crippen molar-refractivity contribution in [2.24, 2.45) is 5.92 Å². The third-order valence-corrected chi connectivity index (χ3v) is 9.26. The van der Waals surface area contributed by atoms with Gasteiger partial charge in [-0.2, -0.15) is 0 Å². The normalized spacial score (nSPS) is 14.1. The van der Waals surface area contributed by atoms with Gasteiger partial charge in [0.1, 0.15) is 18.0 Å². The lowest BCUT2D eigenvalue weighted by Gasteiger charge is -2.19. The molecule has 1 fully saturated rings. The number of fused-ring (bicyclic) bond motifs is 1. The van der Waals surface area contributed by atoms with Gasteiger partial charge in [-0.25, -0.2) is 10.3 Å². The summed E-state index contributed by atoms with van der Waals surface area (Å²) in [6.07, 6.45) is 6.86. The standard InChI is InChI=1S/C35H41BrClN4O4/c1-24(20-25-10-12-31(44-3)35(34(25)37)45-19-18-40-15-6-7-16-40)9-14-33(42)38-23-28-29(41-17-5-4-8-32(41)39-28)22-26-21-27(36)11-13-30(26)43-2/h4-5,8,10-13,17,21,24H,6-7,9,14-16,18-20,22-23H2,1-3H3. The summed E-state index contributed by atoms with van der Waals surface area (Å²) in [5.74, 6) is 2.13. The molecule has 3 heterocycles. The summed E-state index contributed by atoms with van der Waals surface area (Å²) in [7, 11) is 3.30. The molecule has 45 heavy (non-hydrogen) atoms. The molecule has 0 bridgehead atoms. The second-order valence-electron chi connectivity index (χ2n) is 11.6. The van der Waals surface area contributed by atoms with Crippen LogP contribution in [-0.4, -0.2) is 60.7 Å². The smallest absolute Gasteiger partial charge is 0.241 e. The summed E-state index contributed by atoms with van der Waals surface area (Å²) in [6.45, 7) is 6.04. The lowest BCUT2D eigenvalue weighted by molar-refractivity contribution is -0.121. The predicted octanol–water partition coefficient (Wildman–Crippen LogP) is 7.12. The van der Waals surface area contributed by atoms with Crippen molar-refractivity contribution in [1.29, 1.82) is 0 Å². The van der Waals surface area contributed by atoms with Crippen molar-refractivity contribution in [1.82, 2.24) is 19.6 Å². The van der Waals surface area contributed by atoms with Gasteiger partial charge in [0.2, 0.25) is 5.91 Å². The molecule has 0 saturated carbocycles. The number of hydrogen-bond acceptors (Lipinski definition) is 6. The van der Waals surface area contributed by atoms with Gasteiger partial charge in [0.25, 0.3) is 0 Å². The molecule has 1 radical (unpaired) electrons. The zero-order valence-corrected chi connectivity index (χ0v) is 28.6. The summed E-state index contributed by atoms with van der Waals surface area (Å²) < 4.78 is 20.3. The Morgan fingerprint density at radius 3 is 2.62 bits per heavy atom. The lowest BCUT2D eigenvalue weighted by atomic mass is 9.96. The number of hydrogen-bond donors (Lipinski definition) is 0. The molecule has 1 atom stereocenters. The minimum Gasteiger partial charge on any atom is -0.496 e. The average molecular weight is 697 g/mol. The molecule has 10 heteroatoms. The van der Waals surface area contributed by atoms with Crippen LogP contribution in [0.15, 0.2) is 59.2 Å². The highest BCUT2D eigenvalue weighted by molar-refractivity contribution is 9.10.